The van der Waals surface area contributed by atoms with Gasteiger partial charge in [-0.3, -0.25) is 9.69 Å². The van der Waals surface area contributed by atoms with E-state index >= 15 is 0 Å². The summed E-state index contributed by atoms with van der Waals surface area (Å²) in [6, 6.07) is 12.7. The highest BCUT2D eigenvalue weighted by Gasteiger charge is 2.32. The number of pyridine rings is 1. The second-order valence-corrected chi connectivity index (χ2v) is 11.4. The standard InChI is InChI=1S/C30H41N5O/c1-21(2)20-34-27-13-12-24(19-26(27)32-29(34)23-9-5-6-10-23)30(36)35(28-11-7-8-16-31-28)25-14-17-33(18-15-25)22(3)4/h7-8,11-13,16,19,21-23,25H,5-6,9-10,14-15,17-18,20H2,1-4H3. The number of hydrogen-bond acceptors (Lipinski definition) is 4. The number of fused-ring (bicyclic) bond motifs is 1. The third-order valence-electron chi connectivity index (χ3n) is 8.00. The molecule has 2 aromatic heterocycles. The van der Waals surface area contributed by atoms with E-state index < -0.39 is 0 Å². The molecule has 0 radical (unpaired) electrons. The SMILES string of the molecule is CC(C)Cn1c(C2CCCC2)nc2cc(C(=O)N(c3ccccn3)C3CCN(C(C)C)CC3)ccc21. The van der Waals surface area contributed by atoms with Crippen LogP contribution < -0.4 is 4.90 Å². The molecule has 1 amide bonds. The molecule has 1 saturated carbocycles. The van der Waals surface area contributed by atoms with Gasteiger partial charge in [-0.25, -0.2) is 9.97 Å². The third-order valence-corrected chi connectivity index (χ3v) is 8.00. The zero-order chi connectivity index (χ0) is 25.2. The molecule has 1 aromatic carbocycles. The second-order valence-electron chi connectivity index (χ2n) is 11.4. The van der Waals surface area contributed by atoms with Crippen molar-refractivity contribution < 1.29 is 4.79 Å². The van der Waals surface area contributed by atoms with Gasteiger partial charge < -0.3 is 9.47 Å². The summed E-state index contributed by atoms with van der Waals surface area (Å²) in [6.07, 6.45) is 8.70. The normalized spacial score (nSPS) is 18.1. The van der Waals surface area contributed by atoms with Crippen LogP contribution in [0.25, 0.3) is 11.0 Å². The molecule has 0 spiro atoms. The summed E-state index contributed by atoms with van der Waals surface area (Å²) in [5.41, 5.74) is 2.79. The molecule has 1 aliphatic heterocycles. The van der Waals surface area contributed by atoms with E-state index in [1.165, 1.54) is 31.5 Å². The van der Waals surface area contributed by atoms with Gasteiger partial charge in [-0.15, -0.1) is 0 Å². The van der Waals surface area contributed by atoms with Crippen molar-refractivity contribution in [3.63, 3.8) is 0 Å². The van der Waals surface area contributed by atoms with Gasteiger partial charge in [0.2, 0.25) is 0 Å². The number of amides is 1. The van der Waals surface area contributed by atoms with Crippen molar-refractivity contribution in [1.29, 1.82) is 0 Å². The van der Waals surface area contributed by atoms with E-state index in [1.54, 1.807) is 6.20 Å². The fraction of sp³-hybridized carbons (Fsp3) is 0.567. The third kappa shape index (κ3) is 5.06. The highest BCUT2D eigenvalue weighted by atomic mass is 16.2. The second kappa shape index (κ2) is 10.7. The van der Waals surface area contributed by atoms with Crippen LogP contribution in [-0.4, -0.2) is 50.5 Å². The Bertz CT molecular complexity index is 1170. The summed E-state index contributed by atoms with van der Waals surface area (Å²) in [6.45, 7) is 12.0. The van der Waals surface area contributed by atoms with Crippen molar-refractivity contribution in [3.05, 3.63) is 54.0 Å². The Labute approximate surface area is 215 Å². The maximum Gasteiger partial charge on any atom is 0.259 e. The minimum Gasteiger partial charge on any atom is -0.327 e. The van der Waals surface area contributed by atoms with Gasteiger partial charge in [0, 0.05) is 49.4 Å². The number of likely N-dealkylation sites (tertiary alicyclic amines) is 1. The van der Waals surface area contributed by atoms with Gasteiger partial charge in [-0.2, -0.15) is 0 Å². The van der Waals surface area contributed by atoms with Crippen LogP contribution in [0.5, 0.6) is 0 Å². The Balaban J connectivity index is 1.49. The van der Waals surface area contributed by atoms with Gasteiger partial charge in [0.15, 0.2) is 0 Å². The van der Waals surface area contributed by atoms with E-state index in [1.807, 2.05) is 35.2 Å². The van der Waals surface area contributed by atoms with E-state index in [2.05, 4.69) is 48.2 Å². The van der Waals surface area contributed by atoms with Crippen LogP contribution in [0.3, 0.4) is 0 Å². The van der Waals surface area contributed by atoms with Crippen molar-refractivity contribution in [2.24, 2.45) is 5.92 Å². The van der Waals surface area contributed by atoms with E-state index in [0.717, 1.165) is 49.3 Å². The fourth-order valence-corrected chi connectivity index (χ4v) is 6.09. The molecule has 3 heterocycles. The van der Waals surface area contributed by atoms with Gasteiger partial charge in [0.05, 0.1) is 11.0 Å². The van der Waals surface area contributed by atoms with Crippen molar-refractivity contribution in [2.45, 2.75) is 90.8 Å². The van der Waals surface area contributed by atoms with Gasteiger partial charge in [0.1, 0.15) is 11.6 Å². The lowest BCUT2D eigenvalue weighted by Gasteiger charge is -2.39. The van der Waals surface area contributed by atoms with Crippen LogP contribution in [-0.2, 0) is 6.54 Å². The van der Waals surface area contributed by atoms with Gasteiger partial charge >= 0.3 is 0 Å². The molecule has 192 valence electrons. The predicted molar refractivity (Wildman–Crippen MR) is 147 cm³/mol. The smallest absolute Gasteiger partial charge is 0.259 e. The van der Waals surface area contributed by atoms with Crippen LogP contribution in [0, 0.1) is 5.92 Å². The Kier molecular flexibility index (Phi) is 7.42. The summed E-state index contributed by atoms with van der Waals surface area (Å²) >= 11 is 0. The monoisotopic (exact) mass is 487 g/mol. The van der Waals surface area contributed by atoms with Crippen LogP contribution in [0.1, 0.15) is 88.3 Å². The van der Waals surface area contributed by atoms with E-state index in [4.69, 9.17) is 4.98 Å². The molecule has 0 atom stereocenters. The van der Waals surface area contributed by atoms with Gasteiger partial charge in [-0.1, -0.05) is 32.8 Å². The summed E-state index contributed by atoms with van der Waals surface area (Å²) in [5.74, 6) is 3.05. The molecule has 1 saturated heterocycles. The number of imidazole rings is 1. The highest BCUT2D eigenvalue weighted by Crippen LogP contribution is 2.36. The number of piperidine rings is 1. The lowest BCUT2D eigenvalue weighted by molar-refractivity contribution is 0.0952. The molecule has 6 heteroatoms. The van der Waals surface area contributed by atoms with E-state index in [0.29, 0.717) is 23.4 Å². The lowest BCUT2D eigenvalue weighted by Crippen LogP contribution is -2.49. The van der Waals surface area contributed by atoms with Crippen LogP contribution >= 0.6 is 0 Å². The zero-order valence-corrected chi connectivity index (χ0v) is 22.4. The molecule has 0 N–H and O–H groups in total. The minimum absolute atomic E-state index is 0.0272. The molecule has 3 aromatic rings. The van der Waals surface area contributed by atoms with Crippen molar-refractivity contribution in [1.82, 2.24) is 19.4 Å². The highest BCUT2D eigenvalue weighted by molar-refractivity contribution is 6.07. The number of nitrogens with zero attached hydrogens (tertiary/aromatic N) is 5. The number of carbonyl (C=O) groups is 1. The summed E-state index contributed by atoms with van der Waals surface area (Å²) in [4.78, 5) is 28.2. The van der Waals surface area contributed by atoms with E-state index in [-0.39, 0.29) is 11.9 Å². The van der Waals surface area contributed by atoms with Crippen LogP contribution in [0.15, 0.2) is 42.6 Å². The predicted octanol–water partition coefficient (Wildman–Crippen LogP) is 6.26. The Morgan fingerprint density at radius 1 is 1.03 bits per heavy atom. The Morgan fingerprint density at radius 3 is 2.42 bits per heavy atom. The summed E-state index contributed by atoms with van der Waals surface area (Å²) in [5, 5.41) is 0. The van der Waals surface area contributed by atoms with E-state index in [9.17, 15) is 4.79 Å². The minimum atomic E-state index is 0.0272. The topological polar surface area (TPSA) is 54.3 Å². The van der Waals surface area contributed by atoms with Gasteiger partial charge in [0.25, 0.3) is 5.91 Å². The quantitative estimate of drug-likeness (QED) is 0.394. The molecule has 6 nitrogen and oxygen atoms in total. The average Bonchev–Trinajstić information content (AvgIpc) is 3.53. The molecular formula is C30H41N5O. The van der Waals surface area contributed by atoms with Gasteiger partial charge in [-0.05, 0) is 75.8 Å². The summed E-state index contributed by atoms with van der Waals surface area (Å²) in [7, 11) is 0. The van der Waals surface area contributed by atoms with Crippen molar-refractivity contribution >= 4 is 22.8 Å². The molecule has 0 bridgehead atoms. The van der Waals surface area contributed by atoms with Crippen LogP contribution in [0.4, 0.5) is 5.82 Å². The first-order valence-electron chi connectivity index (χ1n) is 13.9. The first kappa shape index (κ1) is 24.9. The molecule has 2 fully saturated rings. The number of rotatable bonds is 7. The zero-order valence-electron chi connectivity index (χ0n) is 22.4. The average molecular weight is 488 g/mol. The first-order valence-corrected chi connectivity index (χ1v) is 13.9. The molecule has 36 heavy (non-hydrogen) atoms. The lowest BCUT2D eigenvalue weighted by atomic mass is 10.0. The number of aromatic nitrogens is 3. The first-order chi connectivity index (χ1) is 17.4. The van der Waals surface area contributed by atoms with Crippen molar-refractivity contribution in [3.8, 4) is 0 Å². The fourth-order valence-electron chi connectivity index (χ4n) is 6.09. The van der Waals surface area contributed by atoms with Crippen molar-refractivity contribution in [2.75, 3.05) is 18.0 Å². The number of carbonyl (C=O) groups excluding carboxylic acids is 1. The van der Waals surface area contributed by atoms with Crippen LogP contribution in [0.2, 0.25) is 0 Å². The summed E-state index contributed by atoms with van der Waals surface area (Å²) < 4.78 is 2.42. The Morgan fingerprint density at radius 2 is 1.78 bits per heavy atom. The molecule has 5 rings (SSSR count). The number of benzene rings is 1. The molecule has 1 aliphatic carbocycles. The number of hydrogen-bond donors (Lipinski definition) is 0. The largest absolute Gasteiger partial charge is 0.327 e. The maximum absolute atomic E-state index is 14.1. The molecular weight excluding hydrogens is 446 g/mol. The molecule has 0 unspecified atom stereocenters. The number of anilines is 1. The Hall–Kier alpha value is -2.73. The maximum atomic E-state index is 14.1. The molecule has 2 aliphatic rings.